The molecule has 1 fully saturated rings. The molecule has 1 heterocycles. The van der Waals surface area contributed by atoms with Gasteiger partial charge in [-0.3, -0.25) is 14.9 Å². The van der Waals surface area contributed by atoms with Crippen molar-refractivity contribution in [2.24, 2.45) is 0 Å². The molecule has 2 amide bonds. The van der Waals surface area contributed by atoms with Crippen molar-refractivity contribution in [3.63, 3.8) is 0 Å². The summed E-state index contributed by atoms with van der Waals surface area (Å²) in [6.45, 7) is -0.365. The first-order valence-electron chi connectivity index (χ1n) is 10.9. The maximum absolute atomic E-state index is 12.4. The highest BCUT2D eigenvalue weighted by atomic mass is 16.6. The van der Waals surface area contributed by atoms with Crippen LogP contribution in [0.1, 0.15) is 6.92 Å². The topological polar surface area (TPSA) is 247 Å². The fourth-order valence-corrected chi connectivity index (χ4v) is 3.48. The molecule has 36 heavy (non-hydrogen) atoms. The number of nitrogens with one attached hydrogen (secondary N) is 3. The molecule has 0 aromatic heterocycles. The minimum Gasteiger partial charge on any atom is -0.435 e. The van der Waals surface area contributed by atoms with Crippen molar-refractivity contribution in [1.29, 1.82) is 0 Å². The predicted molar refractivity (Wildman–Crippen MR) is 120 cm³/mol. The maximum Gasteiger partial charge on any atom is 0.412 e. The summed E-state index contributed by atoms with van der Waals surface area (Å²) < 4.78 is 10.4. The van der Waals surface area contributed by atoms with Gasteiger partial charge in [0, 0.05) is 6.92 Å². The van der Waals surface area contributed by atoms with E-state index in [2.05, 4.69) is 16.0 Å². The molecule has 1 aromatic carbocycles. The molecule has 10 N–H and O–H groups in total. The van der Waals surface area contributed by atoms with Gasteiger partial charge in [0.25, 0.3) is 0 Å². The molecule has 0 saturated carbocycles. The van der Waals surface area contributed by atoms with Crippen LogP contribution >= 0.6 is 0 Å². The first-order chi connectivity index (χ1) is 17.0. The quantitative estimate of drug-likeness (QED) is 0.127. The zero-order chi connectivity index (χ0) is 27.0. The van der Waals surface area contributed by atoms with Gasteiger partial charge in [0.1, 0.15) is 42.7 Å². The number of ether oxygens (including phenoxy) is 2. The summed E-state index contributed by atoms with van der Waals surface area (Å²) in [5.41, 5.74) is 0.234. The van der Waals surface area contributed by atoms with E-state index in [0.29, 0.717) is 0 Å². The van der Waals surface area contributed by atoms with E-state index >= 15 is 0 Å². The molecule has 0 radical (unpaired) electrons. The van der Waals surface area contributed by atoms with Crippen LogP contribution in [0, 0.1) is 0 Å². The molecule has 0 spiro atoms. The van der Waals surface area contributed by atoms with Crippen molar-refractivity contribution < 1.29 is 59.6 Å². The number of hydrogen-bond acceptors (Lipinski definition) is 13. The largest absolute Gasteiger partial charge is 0.435 e. The third-order valence-electron chi connectivity index (χ3n) is 5.40. The standard InChI is InChI=1S/C21H31N3O12/c1-9(28)22-15-19(33)18(32)13(7-26)35-20(15)23-10-4-2-3-5-11(10)24-21(34)36-14(8-27)17(31)16(30)12(29)6-25/h2-5,8,12-20,23,25-26,29-33H,6-7H2,1H3,(H,22,28)(H,24,34)/t12-,13-,14+,15-,16+,17-,18-,19-,20?/m1/s1. The molecule has 1 unspecified atom stereocenters. The van der Waals surface area contributed by atoms with Crippen molar-refractivity contribution in [1.82, 2.24) is 5.32 Å². The molecule has 1 aliphatic heterocycles. The van der Waals surface area contributed by atoms with Crippen molar-refractivity contribution in [2.75, 3.05) is 23.8 Å². The molecular weight excluding hydrogens is 486 g/mol. The maximum atomic E-state index is 12.4. The Bertz CT molecular complexity index is 889. The Morgan fingerprint density at radius 2 is 1.72 bits per heavy atom. The lowest BCUT2D eigenvalue weighted by atomic mass is 9.95. The van der Waals surface area contributed by atoms with Gasteiger partial charge >= 0.3 is 6.09 Å². The second-order valence-electron chi connectivity index (χ2n) is 8.04. The Morgan fingerprint density at radius 1 is 1.08 bits per heavy atom. The number of aliphatic hydroxyl groups excluding tert-OH is 7. The van der Waals surface area contributed by atoms with Crippen molar-refractivity contribution >= 4 is 29.7 Å². The zero-order valence-electron chi connectivity index (χ0n) is 19.2. The van der Waals surface area contributed by atoms with Gasteiger partial charge in [0.15, 0.2) is 18.6 Å². The van der Waals surface area contributed by atoms with Crippen molar-refractivity contribution in [2.45, 2.75) is 61.9 Å². The second-order valence-corrected chi connectivity index (χ2v) is 8.04. The van der Waals surface area contributed by atoms with E-state index < -0.39 is 80.2 Å². The van der Waals surface area contributed by atoms with Crippen molar-refractivity contribution in [3.8, 4) is 0 Å². The Hall–Kier alpha value is -2.89. The van der Waals surface area contributed by atoms with Crippen LogP contribution < -0.4 is 16.0 Å². The third-order valence-corrected chi connectivity index (χ3v) is 5.40. The smallest absolute Gasteiger partial charge is 0.412 e. The minimum atomic E-state index is -2.04. The molecule has 0 aliphatic carbocycles. The summed E-state index contributed by atoms with van der Waals surface area (Å²) in [6.07, 6.45) is -14.3. The average molecular weight is 517 g/mol. The number of amides is 2. The number of anilines is 2. The van der Waals surface area contributed by atoms with Gasteiger partial charge in [-0.1, -0.05) is 12.1 Å². The van der Waals surface area contributed by atoms with E-state index in [1.54, 1.807) is 6.07 Å². The summed E-state index contributed by atoms with van der Waals surface area (Å²) in [6, 6.07) is 4.81. The molecule has 1 saturated heterocycles. The van der Waals surface area contributed by atoms with E-state index in [-0.39, 0.29) is 17.7 Å². The molecule has 15 heteroatoms. The molecule has 15 nitrogen and oxygen atoms in total. The number of aliphatic hydroxyl groups is 7. The molecule has 2 rings (SSSR count). The fraction of sp³-hybridized carbons (Fsp3) is 0.571. The van der Waals surface area contributed by atoms with Crippen LogP contribution in [0.2, 0.25) is 0 Å². The van der Waals surface area contributed by atoms with E-state index in [1.807, 2.05) is 0 Å². The number of aldehydes is 1. The van der Waals surface area contributed by atoms with E-state index in [4.69, 9.17) is 14.6 Å². The highest BCUT2D eigenvalue weighted by Gasteiger charge is 2.45. The number of carbonyl (C=O) groups excluding carboxylic acids is 3. The Labute approximate surface area is 205 Å². The Morgan fingerprint density at radius 3 is 2.28 bits per heavy atom. The summed E-state index contributed by atoms with van der Waals surface area (Å²) >= 11 is 0. The minimum absolute atomic E-state index is 0.0251. The van der Waals surface area contributed by atoms with Gasteiger partial charge in [-0.25, -0.2) is 4.79 Å². The molecule has 202 valence electrons. The Balaban J connectivity index is 2.18. The van der Waals surface area contributed by atoms with Crippen LogP contribution in [0.4, 0.5) is 16.2 Å². The lowest BCUT2D eigenvalue weighted by molar-refractivity contribution is -0.188. The molecule has 0 bridgehead atoms. The van der Waals surface area contributed by atoms with Gasteiger partial charge in [-0.15, -0.1) is 0 Å². The highest BCUT2D eigenvalue weighted by molar-refractivity contribution is 5.90. The fourth-order valence-electron chi connectivity index (χ4n) is 3.48. The van der Waals surface area contributed by atoms with Gasteiger partial charge < -0.3 is 55.9 Å². The summed E-state index contributed by atoms with van der Waals surface area (Å²) in [4.78, 5) is 35.3. The number of benzene rings is 1. The summed E-state index contributed by atoms with van der Waals surface area (Å²) in [7, 11) is 0. The number of rotatable bonds is 11. The predicted octanol–water partition coefficient (Wildman–Crippen LogP) is -3.77. The first-order valence-corrected chi connectivity index (χ1v) is 10.9. The average Bonchev–Trinajstić information content (AvgIpc) is 2.86. The lowest BCUT2D eigenvalue weighted by Gasteiger charge is -2.43. The van der Waals surface area contributed by atoms with Crippen LogP contribution in [0.15, 0.2) is 24.3 Å². The lowest BCUT2D eigenvalue weighted by Crippen LogP contribution is -2.65. The highest BCUT2D eigenvalue weighted by Crippen LogP contribution is 2.27. The monoisotopic (exact) mass is 517 g/mol. The SMILES string of the molecule is CC(=O)N[C@H]1C(Nc2ccccc2NC(=O)O[C@@H](C=O)[C@@H](O)[C@@H](O)[C@H](O)CO)O[C@H](CO)[C@@H](O)[C@@H]1O. The first kappa shape index (κ1) is 29.3. The van der Waals surface area contributed by atoms with Crippen LogP contribution in [-0.4, -0.2) is 122 Å². The molecular formula is C21H31N3O12. The van der Waals surface area contributed by atoms with E-state index in [9.17, 15) is 45.0 Å². The Kier molecular flexibility index (Phi) is 10.9. The van der Waals surface area contributed by atoms with E-state index in [0.717, 1.165) is 0 Å². The molecule has 1 aliphatic rings. The van der Waals surface area contributed by atoms with Gasteiger partial charge in [-0.05, 0) is 12.1 Å². The van der Waals surface area contributed by atoms with Crippen LogP contribution in [0.3, 0.4) is 0 Å². The summed E-state index contributed by atoms with van der Waals surface area (Å²) in [5, 5.41) is 75.7. The van der Waals surface area contributed by atoms with Crippen molar-refractivity contribution in [3.05, 3.63) is 24.3 Å². The number of hydrogen-bond donors (Lipinski definition) is 10. The van der Waals surface area contributed by atoms with Gasteiger partial charge in [-0.2, -0.15) is 0 Å². The molecule has 9 atom stereocenters. The molecule has 1 aromatic rings. The number of carbonyl (C=O) groups is 3. The van der Waals surface area contributed by atoms with Crippen LogP contribution in [0.25, 0.3) is 0 Å². The normalized spacial score (nSPS) is 27.2. The summed E-state index contributed by atoms with van der Waals surface area (Å²) in [5.74, 6) is -0.536. The third kappa shape index (κ3) is 7.31. The van der Waals surface area contributed by atoms with E-state index in [1.165, 1.54) is 25.1 Å². The van der Waals surface area contributed by atoms with Gasteiger partial charge in [0.2, 0.25) is 5.91 Å². The zero-order valence-corrected chi connectivity index (χ0v) is 19.2. The van der Waals surface area contributed by atoms with Crippen LogP contribution in [0.5, 0.6) is 0 Å². The second kappa shape index (κ2) is 13.4. The number of para-hydroxylation sites is 2. The van der Waals surface area contributed by atoms with Crippen LogP contribution in [-0.2, 0) is 19.1 Å². The van der Waals surface area contributed by atoms with Gasteiger partial charge in [0.05, 0.1) is 24.6 Å².